The molecule has 1 aliphatic heterocycles. The van der Waals surface area contributed by atoms with E-state index in [9.17, 15) is 9.59 Å². The van der Waals surface area contributed by atoms with Crippen molar-refractivity contribution >= 4 is 17.8 Å². The molecule has 0 radical (unpaired) electrons. The van der Waals surface area contributed by atoms with Gasteiger partial charge >= 0.3 is 0 Å². The molecule has 1 unspecified atom stereocenters. The molecule has 0 bridgehead atoms. The Morgan fingerprint density at radius 3 is 2.68 bits per heavy atom. The Labute approximate surface area is 168 Å². The summed E-state index contributed by atoms with van der Waals surface area (Å²) in [5.74, 6) is 0.996. The van der Waals surface area contributed by atoms with Gasteiger partial charge < -0.3 is 20.9 Å². The predicted molar refractivity (Wildman–Crippen MR) is 112 cm³/mol. The highest BCUT2D eigenvalue weighted by molar-refractivity contribution is 5.85. The Hall–Kier alpha value is -2.57. The van der Waals surface area contributed by atoms with Crippen LogP contribution in [-0.4, -0.2) is 61.9 Å². The topological polar surface area (TPSA) is 85.8 Å². The smallest absolute Gasteiger partial charge is 0.241 e. The molecule has 2 amide bonds. The van der Waals surface area contributed by atoms with E-state index < -0.39 is 0 Å². The standard InChI is InChI=1S/C21H33N5O2/c1-3-11-23-19(27)15-25-21(22-4-2)24-14-18-13-20(28)26(16-18)12-10-17-8-6-5-7-9-17/h5-9,18H,3-4,10-16H2,1-2H3,(H,23,27)(H2,22,24,25). The second kappa shape index (κ2) is 12.0. The van der Waals surface area contributed by atoms with Gasteiger partial charge in [0.15, 0.2) is 5.96 Å². The number of hydrogen-bond donors (Lipinski definition) is 3. The number of hydrogen-bond acceptors (Lipinski definition) is 3. The first-order chi connectivity index (χ1) is 13.6. The maximum atomic E-state index is 12.3. The fourth-order valence-electron chi connectivity index (χ4n) is 3.17. The molecule has 28 heavy (non-hydrogen) atoms. The van der Waals surface area contributed by atoms with Crippen molar-refractivity contribution in [2.24, 2.45) is 10.9 Å². The van der Waals surface area contributed by atoms with Gasteiger partial charge in [-0.3, -0.25) is 9.59 Å². The van der Waals surface area contributed by atoms with Crippen molar-refractivity contribution in [1.82, 2.24) is 20.9 Å². The van der Waals surface area contributed by atoms with Crippen LogP contribution in [0.4, 0.5) is 0 Å². The second-order valence-electron chi connectivity index (χ2n) is 7.07. The lowest BCUT2D eigenvalue weighted by Crippen LogP contribution is -2.41. The number of benzene rings is 1. The Morgan fingerprint density at radius 1 is 1.18 bits per heavy atom. The van der Waals surface area contributed by atoms with Gasteiger partial charge in [-0.15, -0.1) is 0 Å². The molecule has 1 aromatic carbocycles. The molecular formula is C21H33N5O2. The molecule has 1 saturated heterocycles. The van der Waals surface area contributed by atoms with Gasteiger partial charge in [0.2, 0.25) is 11.8 Å². The highest BCUT2D eigenvalue weighted by atomic mass is 16.2. The maximum Gasteiger partial charge on any atom is 0.241 e. The minimum atomic E-state index is -0.0813. The first-order valence-corrected chi connectivity index (χ1v) is 10.2. The Bertz CT molecular complexity index is 647. The number of rotatable bonds is 10. The monoisotopic (exact) mass is 387 g/mol. The summed E-state index contributed by atoms with van der Waals surface area (Å²) in [5, 5.41) is 9.23. The van der Waals surface area contributed by atoms with Gasteiger partial charge in [0.05, 0.1) is 0 Å². The third kappa shape index (κ3) is 7.58. The fraction of sp³-hybridized carbons (Fsp3) is 0.571. The largest absolute Gasteiger partial charge is 0.357 e. The summed E-state index contributed by atoms with van der Waals surface area (Å²) in [7, 11) is 0. The summed E-state index contributed by atoms with van der Waals surface area (Å²) >= 11 is 0. The molecule has 1 atom stereocenters. The average molecular weight is 388 g/mol. The van der Waals surface area contributed by atoms with Crippen molar-refractivity contribution < 1.29 is 9.59 Å². The van der Waals surface area contributed by atoms with Gasteiger partial charge in [0, 0.05) is 45.1 Å². The minimum Gasteiger partial charge on any atom is -0.357 e. The number of likely N-dealkylation sites (tertiary alicyclic amines) is 1. The lowest BCUT2D eigenvalue weighted by Gasteiger charge is -2.18. The molecule has 0 aromatic heterocycles. The third-order valence-corrected chi connectivity index (χ3v) is 4.66. The molecule has 7 heteroatoms. The summed E-state index contributed by atoms with van der Waals surface area (Å²) < 4.78 is 0. The van der Waals surface area contributed by atoms with Gasteiger partial charge in [-0.25, -0.2) is 4.99 Å². The van der Waals surface area contributed by atoms with E-state index >= 15 is 0 Å². The van der Waals surface area contributed by atoms with Crippen molar-refractivity contribution in [3.63, 3.8) is 0 Å². The van der Waals surface area contributed by atoms with Crippen LogP contribution in [0.25, 0.3) is 0 Å². The first kappa shape index (κ1) is 21.7. The zero-order valence-electron chi connectivity index (χ0n) is 17.0. The second-order valence-corrected chi connectivity index (χ2v) is 7.07. The van der Waals surface area contributed by atoms with Crippen molar-refractivity contribution in [2.75, 3.05) is 39.3 Å². The Balaban J connectivity index is 1.76. The van der Waals surface area contributed by atoms with Crippen LogP contribution in [0.3, 0.4) is 0 Å². The molecule has 7 nitrogen and oxygen atoms in total. The molecule has 0 aliphatic carbocycles. The number of amides is 2. The molecule has 0 spiro atoms. The number of guanidine groups is 1. The van der Waals surface area contributed by atoms with Gasteiger partial charge in [-0.1, -0.05) is 37.3 Å². The highest BCUT2D eigenvalue weighted by Crippen LogP contribution is 2.17. The lowest BCUT2D eigenvalue weighted by atomic mass is 10.1. The molecule has 1 aliphatic rings. The molecular weight excluding hydrogens is 354 g/mol. The fourth-order valence-corrected chi connectivity index (χ4v) is 3.17. The van der Waals surface area contributed by atoms with E-state index in [-0.39, 0.29) is 24.3 Å². The molecule has 2 rings (SSSR count). The van der Waals surface area contributed by atoms with Gasteiger partial charge in [-0.2, -0.15) is 0 Å². The number of nitrogens with zero attached hydrogens (tertiary/aromatic N) is 2. The minimum absolute atomic E-state index is 0.0813. The molecule has 3 N–H and O–H groups in total. The van der Waals surface area contributed by atoms with E-state index in [1.807, 2.05) is 36.9 Å². The maximum absolute atomic E-state index is 12.3. The van der Waals surface area contributed by atoms with Crippen LogP contribution in [-0.2, 0) is 16.0 Å². The quantitative estimate of drug-likeness (QED) is 0.415. The molecule has 154 valence electrons. The first-order valence-electron chi connectivity index (χ1n) is 10.2. The average Bonchev–Trinajstić information content (AvgIpc) is 3.07. The Morgan fingerprint density at radius 2 is 1.96 bits per heavy atom. The zero-order chi connectivity index (χ0) is 20.2. The van der Waals surface area contributed by atoms with Crippen molar-refractivity contribution in [2.45, 2.75) is 33.1 Å². The number of carbonyl (C=O) groups excluding carboxylic acids is 2. The summed E-state index contributed by atoms with van der Waals surface area (Å²) in [5.41, 5.74) is 1.25. The predicted octanol–water partition coefficient (Wildman–Crippen LogP) is 1.16. The number of aliphatic imine (C=N–C) groups is 1. The summed E-state index contributed by atoms with van der Waals surface area (Å²) in [6, 6.07) is 10.2. The SMILES string of the molecule is CCCNC(=O)CN=C(NCC)NCC1CC(=O)N(CCc2ccccc2)C1. The molecule has 1 fully saturated rings. The van der Waals surface area contributed by atoms with Crippen molar-refractivity contribution in [1.29, 1.82) is 0 Å². The molecule has 1 heterocycles. The van der Waals surface area contributed by atoms with Crippen LogP contribution >= 0.6 is 0 Å². The summed E-state index contributed by atoms with van der Waals surface area (Å²) in [6.07, 6.45) is 2.34. The molecule has 0 saturated carbocycles. The van der Waals surface area contributed by atoms with E-state index in [1.165, 1.54) is 5.56 Å². The lowest BCUT2D eigenvalue weighted by molar-refractivity contribution is -0.127. The zero-order valence-corrected chi connectivity index (χ0v) is 17.0. The van der Waals surface area contributed by atoms with Crippen LogP contribution in [0.15, 0.2) is 35.3 Å². The normalized spacial score (nSPS) is 16.9. The molecule has 1 aromatic rings. The van der Waals surface area contributed by atoms with Crippen LogP contribution in [0.2, 0.25) is 0 Å². The van der Waals surface area contributed by atoms with Gasteiger partial charge in [0.25, 0.3) is 0 Å². The van der Waals surface area contributed by atoms with Gasteiger partial charge in [-0.05, 0) is 25.3 Å². The van der Waals surface area contributed by atoms with Gasteiger partial charge in [0.1, 0.15) is 6.54 Å². The van der Waals surface area contributed by atoms with Crippen LogP contribution < -0.4 is 16.0 Å². The van der Waals surface area contributed by atoms with Crippen LogP contribution in [0, 0.1) is 5.92 Å². The number of carbonyl (C=O) groups is 2. The van der Waals surface area contributed by atoms with E-state index in [0.29, 0.717) is 25.5 Å². The van der Waals surface area contributed by atoms with E-state index in [0.717, 1.165) is 32.5 Å². The summed E-state index contributed by atoms with van der Waals surface area (Å²) in [4.78, 5) is 30.3. The van der Waals surface area contributed by atoms with Crippen LogP contribution in [0.1, 0.15) is 32.3 Å². The third-order valence-electron chi connectivity index (χ3n) is 4.66. The van der Waals surface area contributed by atoms with E-state index in [2.05, 4.69) is 33.1 Å². The van der Waals surface area contributed by atoms with Crippen molar-refractivity contribution in [3.05, 3.63) is 35.9 Å². The van der Waals surface area contributed by atoms with Crippen molar-refractivity contribution in [3.8, 4) is 0 Å². The Kier molecular flexibility index (Phi) is 9.31. The van der Waals surface area contributed by atoms with Crippen LogP contribution in [0.5, 0.6) is 0 Å². The van der Waals surface area contributed by atoms with E-state index in [1.54, 1.807) is 0 Å². The van der Waals surface area contributed by atoms with E-state index in [4.69, 9.17) is 0 Å². The summed E-state index contributed by atoms with van der Waals surface area (Å²) in [6.45, 7) is 7.66. The number of nitrogens with one attached hydrogen (secondary N) is 3. The highest BCUT2D eigenvalue weighted by Gasteiger charge is 2.29.